The third kappa shape index (κ3) is 6.69. The first kappa shape index (κ1) is 19.8. The van der Waals surface area contributed by atoms with Crippen molar-refractivity contribution in [3.63, 3.8) is 0 Å². The summed E-state index contributed by atoms with van der Waals surface area (Å²) in [7, 11) is 1.37. The molecule has 0 unspecified atom stereocenters. The summed E-state index contributed by atoms with van der Waals surface area (Å²) in [6.45, 7) is 1.00. The summed E-state index contributed by atoms with van der Waals surface area (Å²) in [6.07, 6.45) is -1.11. The Morgan fingerprint density at radius 1 is 0.963 bits per heavy atom. The van der Waals surface area contributed by atoms with Crippen LogP contribution in [0.5, 0.6) is 5.75 Å². The largest absolute Gasteiger partial charge is 0.482 e. The van der Waals surface area contributed by atoms with Crippen LogP contribution in [0.3, 0.4) is 0 Å². The van der Waals surface area contributed by atoms with E-state index in [1.807, 2.05) is 47.8 Å². The van der Waals surface area contributed by atoms with Crippen LogP contribution < -0.4 is 20.7 Å². The molecule has 0 bridgehead atoms. The number of benzene rings is 2. The minimum Gasteiger partial charge on any atom is -0.482 e. The molecule has 8 nitrogen and oxygen atoms in total. The summed E-state index contributed by atoms with van der Waals surface area (Å²) in [5.41, 5.74) is 1.83. The molecule has 2 aromatic carbocycles. The van der Waals surface area contributed by atoms with Gasteiger partial charge in [0.1, 0.15) is 5.75 Å². The number of rotatable bonds is 7. The maximum atomic E-state index is 11.8. The Bertz CT molecular complexity index is 778. The number of hydrogen-bond donors (Lipinski definition) is 3. The quantitative estimate of drug-likeness (QED) is 0.645. The first-order valence-corrected chi connectivity index (χ1v) is 8.25. The molecule has 0 aliphatic rings. The number of urea groups is 1. The van der Waals surface area contributed by atoms with Crippen LogP contribution in [-0.4, -0.2) is 37.7 Å². The van der Waals surface area contributed by atoms with Gasteiger partial charge in [0.05, 0.1) is 0 Å². The lowest BCUT2D eigenvalue weighted by Gasteiger charge is -2.13. The number of ether oxygens (including phenoxy) is 2. The number of para-hydroxylation sites is 1. The van der Waals surface area contributed by atoms with Crippen molar-refractivity contribution in [3.8, 4) is 5.75 Å². The van der Waals surface area contributed by atoms with Gasteiger partial charge in [0.2, 0.25) is 0 Å². The predicted octanol–water partition coefficient (Wildman–Crippen LogP) is 2.20. The highest BCUT2D eigenvalue weighted by Gasteiger charge is 2.19. The maximum absolute atomic E-state index is 11.8. The summed E-state index contributed by atoms with van der Waals surface area (Å²) in [5, 5.41) is 7.48. The van der Waals surface area contributed by atoms with Crippen molar-refractivity contribution in [2.75, 3.05) is 19.0 Å². The minimum atomic E-state index is -1.11. The van der Waals surface area contributed by atoms with E-state index >= 15 is 0 Å². The van der Waals surface area contributed by atoms with E-state index in [1.165, 1.54) is 14.0 Å². The van der Waals surface area contributed by atoms with Crippen LogP contribution in [0, 0.1) is 0 Å². The molecule has 0 saturated heterocycles. The summed E-state index contributed by atoms with van der Waals surface area (Å²) in [4.78, 5) is 34.4. The molecule has 2 rings (SSSR count). The first-order valence-electron chi connectivity index (χ1n) is 8.25. The van der Waals surface area contributed by atoms with Gasteiger partial charge in [-0.05, 0) is 43.3 Å². The second-order valence-corrected chi connectivity index (χ2v) is 5.50. The van der Waals surface area contributed by atoms with Crippen LogP contribution in [0.25, 0.3) is 0 Å². The second kappa shape index (κ2) is 9.81. The summed E-state index contributed by atoms with van der Waals surface area (Å²) >= 11 is 0. The molecule has 2 aromatic rings. The normalized spacial score (nSPS) is 11.0. The lowest BCUT2D eigenvalue weighted by Crippen LogP contribution is -2.43. The standard InChI is InChI=1S/C19H21N3O5/c1-13(18(24)22-19(25)20-2)27-17(23)12-26-16-10-8-15(9-11-16)21-14-6-4-3-5-7-14/h3-11,13,21H,12H2,1-2H3,(H2,20,22,24,25)/t13-/m0/s1. The molecule has 8 heteroatoms. The Labute approximate surface area is 156 Å². The second-order valence-electron chi connectivity index (χ2n) is 5.50. The van der Waals surface area contributed by atoms with E-state index in [4.69, 9.17) is 9.47 Å². The minimum absolute atomic E-state index is 0.358. The zero-order chi connectivity index (χ0) is 19.6. The Hall–Kier alpha value is -3.55. The predicted molar refractivity (Wildman–Crippen MR) is 99.8 cm³/mol. The molecule has 0 radical (unpaired) electrons. The smallest absolute Gasteiger partial charge is 0.344 e. The van der Waals surface area contributed by atoms with Crippen LogP contribution in [0.15, 0.2) is 54.6 Å². The molecular weight excluding hydrogens is 350 g/mol. The fraction of sp³-hybridized carbons (Fsp3) is 0.211. The summed E-state index contributed by atoms with van der Waals surface area (Å²) < 4.78 is 10.3. The van der Waals surface area contributed by atoms with Gasteiger partial charge >= 0.3 is 12.0 Å². The zero-order valence-electron chi connectivity index (χ0n) is 15.0. The maximum Gasteiger partial charge on any atom is 0.344 e. The highest BCUT2D eigenvalue weighted by Crippen LogP contribution is 2.19. The first-order chi connectivity index (χ1) is 13.0. The lowest BCUT2D eigenvalue weighted by atomic mass is 10.2. The number of carbonyl (C=O) groups is 3. The Balaban J connectivity index is 1.78. The van der Waals surface area contributed by atoms with Gasteiger partial charge < -0.3 is 20.1 Å². The van der Waals surface area contributed by atoms with Crippen LogP contribution in [0.2, 0.25) is 0 Å². The molecule has 3 amide bonds. The lowest BCUT2D eigenvalue weighted by molar-refractivity contribution is -0.156. The Kier molecular flexibility index (Phi) is 7.18. The molecule has 0 aliphatic heterocycles. The van der Waals surface area contributed by atoms with Gasteiger partial charge in [-0.2, -0.15) is 0 Å². The number of anilines is 2. The number of amides is 3. The molecule has 3 N–H and O–H groups in total. The van der Waals surface area contributed by atoms with Crippen molar-refractivity contribution >= 4 is 29.3 Å². The van der Waals surface area contributed by atoms with Crippen LogP contribution in [-0.2, 0) is 14.3 Å². The molecule has 0 fully saturated rings. The fourth-order valence-electron chi connectivity index (χ4n) is 2.03. The van der Waals surface area contributed by atoms with Gasteiger partial charge in [0.15, 0.2) is 12.7 Å². The molecule has 1 atom stereocenters. The van der Waals surface area contributed by atoms with E-state index in [0.29, 0.717) is 5.75 Å². The molecule has 27 heavy (non-hydrogen) atoms. The van der Waals surface area contributed by atoms with Crippen LogP contribution in [0.1, 0.15) is 6.92 Å². The SMILES string of the molecule is CNC(=O)NC(=O)[C@H](C)OC(=O)COc1ccc(Nc2ccccc2)cc1. The van der Waals surface area contributed by atoms with Crippen molar-refractivity contribution < 1.29 is 23.9 Å². The van der Waals surface area contributed by atoms with Crippen molar-refractivity contribution in [2.45, 2.75) is 13.0 Å². The number of carbonyl (C=O) groups excluding carboxylic acids is 3. The van der Waals surface area contributed by atoms with Gasteiger partial charge in [0.25, 0.3) is 5.91 Å². The highest BCUT2D eigenvalue weighted by atomic mass is 16.6. The zero-order valence-corrected chi connectivity index (χ0v) is 15.0. The van der Waals surface area contributed by atoms with E-state index < -0.39 is 24.0 Å². The molecule has 0 aromatic heterocycles. The average Bonchev–Trinajstić information content (AvgIpc) is 2.68. The number of nitrogens with one attached hydrogen (secondary N) is 3. The van der Waals surface area contributed by atoms with E-state index in [1.54, 1.807) is 12.1 Å². The molecule has 0 saturated carbocycles. The molecule has 0 heterocycles. The number of imide groups is 1. The highest BCUT2D eigenvalue weighted by molar-refractivity contribution is 5.97. The number of hydrogen-bond acceptors (Lipinski definition) is 6. The van der Waals surface area contributed by atoms with E-state index in [-0.39, 0.29) is 6.61 Å². The topological polar surface area (TPSA) is 106 Å². The molecule has 0 spiro atoms. The van der Waals surface area contributed by atoms with Gasteiger partial charge in [-0.3, -0.25) is 10.1 Å². The van der Waals surface area contributed by atoms with Crippen molar-refractivity contribution in [3.05, 3.63) is 54.6 Å². The molecular formula is C19H21N3O5. The van der Waals surface area contributed by atoms with Crippen molar-refractivity contribution in [1.29, 1.82) is 0 Å². The van der Waals surface area contributed by atoms with Crippen LogP contribution in [0.4, 0.5) is 16.2 Å². The van der Waals surface area contributed by atoms with Crippen LogP contribution >= 0.6 is 0 Å². The summed E-state index contributed by atoms with van der Waals surface area (Å²) in [5.74, 6) is -0.965. The monoisotopic (exact) mass is 371 g/mol. The third-order valence-corrected chi connectivity index (χ3v) is 3.41. The summed E-state index contributed by atoms with van der Waals surface area (Å²) in [6, 6.07) is 16.1. The van der Waals surface area contributed by atoms with E-state index in [2.05, 4.69) is 10.6 Å². The van der Waals surface area contributed by atoms with Gasteiger partial charge in [-0.1, -0.05) is 18.2 Å². The van der Waals surface area contributed by atoms with Gasteiger partial charge in [0, 0.05) is 18.4 Å². The fourth-order valence-corrected chi connectivity index (χ4v) is 2.03. The van der Waals surface area contributed by atoms with Crippen molar-refractivity contribution in [1.82, 2.24) is 10.6 Å². The Morgan fingerprint density at radius 3 is 2.22 bits per heavy atom. The van der Waals surface area contributed by atoms with E-state index in [9.17, 15) is 14.4 Å². The van der Waals surface area contributed by atoms with E-state index in [0.717, 1.165) is 11.4 Å². The van der Waals surface area contributed by atoms with Gasteiger partial charge in [-0.25, -0.2) is 9.59 Å². The number of esters is 1. The van der Waals surface area contributed by atoms with Gasteiger partial charge in [-0.15, -0.1) is 0 Å². The third-order valence-electron chi connectivity index (χ3n) is 3.41. The molecule has 0 aliphatic carbocycles. The van der Waals surface area contributed by atoms with Crippen molar-refractivity contribution in [2.24, 2.45) is 0 Å². The average molecular weight is 371 g/mol. The Morgan fingerprint density at radius 2 is 1.59 bits per heavy atom. The molecule has 142 valence electrons.